The fraction of sp³-hybridized carbons (Fsp3) is 0.391. The number of nitrogens with two attached hydrogens (primary N) is 1. The van der Waals surface area contributed by atoms with Crippen LogP contribution in [-0.4, -0.2) is 84.9 Å². The standard InChI is InChI=1S/C23H26N10O5S/c1-37-12-2-3-14-13(6-12)11(7-27-14)4-5-26-16(34)9-39-23-31-17-20(24)28-10-29-21(17)33(23)22-19(36)18(35)15(38-22)8-30-32-25/h2-3,6-7,10,15,18-19,22,27,35-36H,4-5,8-9H2,1H3,(H,26,34)(H2,24,28,29)/t15-,18-,19-,22-/m1/s1. The van der Waals surface area contributed by atoms with Crippen LogP contribution >= 0.6 is 11.8 Å². The number of aliphatic hydroxyl groups is 2. The highest BCUT2D eigenvalue weighted by Crippen LogP contribution is 2.36. The summed E-state index contributed by atoms with van der Waals surface area (Å²) >= 11 is 1.09. The van der Waals surface area contributed by atoms with Crippen LogP contribution in [0, 0.1) is 0 Å². The number of hydrogen-bond donors (Lipinski definition) is 5. The second-order valence-corrected chi connectivity index (χ2v) is 9.71. The van der Waals surface area contributed by atoms with E-state index in [1.165, 1.54) is 10.9 Å². The predicted molar refractivity (Wildman–Crippen MR) is 142 cm³/mol. The smallest absolute Gasteiger partial charge is 0.230 e. The molecular formula is C23H26N10O5S. The Labute approximate surface area is 225 Å². The van der Waals surface area contributed by atoms with Crippen LogP contribution < -0.4 is 15.8 Å². The Morgan fingerprint density at radius 1 is 1.38 bits per heavy atom. The van der Waals surface area contributed by atoms with Gasteiger partial charge in [-0.2, -0.15) is 0 Å². The number of carbonyl (C=O) groups excluding carboxylic acids is 1. The lowest BCUT2D eigenvalue weighted by Crippen LogP contribution is -2.33. The van der Waals surface area contributed by atoms with E-state index >= 15 is 0 Å². The van der Waals surface area contributed by atoms with Crippen molar-refractivity contribution >= 4 is 45.6 Å². The molecule has 39 heavy (non-hydrogen) atoms. The Balaban J connectivity index is 1.28. The summed E-state index contributed by atoms with van der Waals surface area (Å²) in [5.74, 6) is 0.639. The number of imidazole rings is 1. The molecule has 0 aliphatic carbocycles. The van der Waals surface area contributed by atoms with Crippen LogP contribution in [0.15, 0.2) is 41.0 Å². The van der Waals surface area contributed by atoms with Crippen LogP contribution in [0.2, 0.25) is 0 Å². The van der Waals surface area contributed by atoms with Gasteiger partial charge in [-0.05, 0) is 35.7 Å². The molecule has 204 valence electrons. The van der Waals surface area contributed by atoms with Crippen LogP contribution in [-0.2, 0) is 16.0 Å². The van der Waals surface area contributed by atoms with Gasteiger partial charge in [-0.1, -0.05) is 16.9 Å². The van der Waals surface area contributed by atoms with Gasteiger partial charge >= 0.3 is 0 Å². The number of aromatic amines is 1. The molecule has 5 rings (SSSR count). The maximum atomic E-state index is 12.7. The number of anilines is 1. The summed E-state index contributed by atoms with van der Waals surface area (Å²) in [6, 6.07) is 5.77. The molecule has 3 aromatic heterocycles. The molecule has 0 unspecified atom stereocenters. The van der Waals surface area contributed by atoms with Crippen molar-refractivity contribution in [3.05, 3.63) is 46.7 Å². The minimum atomic E-state index is -1.37. The van der Waals surface area contributed by atoms with E-state index < -0.39 is 24.5 Å². The van der Waals surface area contributed by atoms with Crippen molar-refractivity contribution in [3.63, 3.8) is 0 Å². The Hall–Kier alpha value is -4.08. The van der Waals surface area contributed by atoms with Gasteiger partial charge in [0.05, 0.1) is 25.5 Å². The number of rotatable bonds is 10. The Bertz CT molecular complexity index is 1550. The molecule has 1 aromatic carbocycles. The van der Waals surface area contributed by atoms with E-state index in [0.29, 0.717) is 13.0 Å². The molecule has 1 aliphatic heterocycles. The number of amides is 1. The summed E-state index contributed by atoms with van der Waals surface area (Å²) in [6.07, 6.45) is -0.975. The van der Waals surface area contributed by atoms with Crippen molar-refractivity contribution < 1.29 is 24.5 Å². The molecule has 0 spiro atoms. The molecule has 1 aliphatic rings. The molecule has 1 fully saturated rings. The van der Waals surface area contributed by atoms with Crippen molar-refractivity contribution in [3.8, 4) is 5.75 Å². The SMILES string of the molecule is COc1ccc2[nH]cc(CCNC(=O)CSc3nc4c(N)ncnc4n3[C@@H]3O[C@H](CN=[N+]=[N-])[C@@H](O)[C@H]3O)c2c1. The summed E-state index contributed by atoms with van der Waals surface area (Å²) in [5, 5.41) is 28.8. The molecule has 16 heteroatoms. The predicted octanol–water partition coefficient (Wildman–Crippen LogP) is 1.28. The number of azide groups is 1. The number of H-pyrrole nitrogens is 1. The van der Waals surface area contributed by atoms with Gasteiger partial charge in [0.1, 0.15) is 24.3 Å². The van der Waals surface area contributed by atoms with Crippen LogP contribution in [0.3, 0.4) is 0 Å². The topological polar surface area (TPSA) is 222 Å². The van der Waals surface area contributed by atoms with Gasteiger partial charge in [-0.15, -0.1) is 0 Å². The second kappa shape index (κ2) is 11.3. The van der Waals surface area contributed by atoms with Gasteiger partial charge in [0.25, 0.3) is 0 Å². The molecule has 0 radical (unpaired) electrons. The number of nitrogens with one attached hydrogen (secondary N) is 2. The molecule has 6 N–H and O–H groups in total. The second-order valence-electron chi connectivity index (χ2n) is 8.77. The van der Waals surface area contributed by atoms with Crippen LogP contribution in [0.25, 0.3) is 32.5 Å². The van der Waals surface area contributed by atoms with Gasteiger partial charge in [0.2, 0.25) is 5.91 Å². The van der Waals surface area contributed by atoms with E-state index in [1.807, 2.05) is 24.4 Å². The molecule has 4 heterocycles. The quantitative estimate of drug-likeness (QED) is 0.0817. The number of nitrogen functional groups attached to an aromatic ring is 1. The van der Waals surface area contributed by atoms with E-state index in [1.54, 1.807) is 7.11 Å². The molecule has 4 atom stereocenters. The number of fused-ring (bicyclic) bond motifs is 2. The van der Waals surface area contributed by atoms with E-state index in [2.05, 4.69) is 35.3 Å². The highest BCUT2D eigenvalue weighted by atomic mass is 32.2. The Kier molecular flexibility index (Phi) is 7.72. The summed E-state index contributed by atoms with van der Waals surface area (Å²) in [4.78, 5) is 31.2. The number of carbonyl (C=O) groups is 1. The Morgan fingerprint density at radius 2 is 2.23 bits per heavy atom. The van der Waals surface area contributed by atoms with Crippen LogP contribution in [0.4, 0.5) is 5.82 Å². The minimum absolute atomic E-state index is 0.00584. The molecule has 1 amide bonds. The van der Waals surface area contributed by atoms with Gasteiger partial charge in [-0.3, -0.25) is 9.36 Å². The van der Waals surface area contributed by atoms with E-state index in [9.17, 15) is 15.0 Å². The third kappa shape index (κ3) is 5.28. The lowest BCUT2D eigenvalue weighted by Gasteiger charge is -2.19. The first-order chi connectivity index (χ1) is 18.9. The monoisotopic (exact) mass is 554 g/mol. The van der Waals surface area contributed by atoms with Crippen molar-refractivity contribution in [2.75, 3.05) is 31.7 Å². The first kappa shape index (κ1) is 26.5. The highest BCUT2D eigenvalue weighted by molar-refractivity contribution is 7.99. The summed E-state index contributed by atoms with van der Waals surface area (Å²) in [5.41, 5.74) is 17.2. The fourth-order valence-electron chi connectivity index (χ4n) is 4.46. The lowest BCUT2D eigenvalue weighted by molar-refractivity contribution is -0.118. The van der Waals surface area contributed by atoms with Crippen molar-refractivity contribution in [1.82, 2.24) is 29.8 Å². The van der Waals surface area contributed by atoms with Gasteiger partial charge in [0.15, 0.2) is 28.4 Å². The average Bonchev–Trinajstić information content (AvgIpc) is 3.60. The molecule has 1 saturated heterocycles. The third-order valence-electron chi connectivity index (χ3n) is 6.41. The number of thioether (sulfide) groups is 1. The maximum Gasteiger partial charge on any atom is 0.230 e. The zero-order valence-electron chi connectivity index (χ0n) is 20.8. The summed E-state index contributed by atoms with van der Waals surface area (Å²) < 4.78 is 12.6. The van der Waals surface area contributed by atoms with E-state index in [4.69, 9.17) is 20.7 Å². The minimum Gasteiger partial charge on any atom is -0.497 e. The normalized spacial score (nSPS) is 20.8. The third-order valence-corrected chi connectivity index (χ3v) is 7.37. The number of hydrogen-bond acceptors (Lipinski definition) is 11. The number of nitrogens with zero attached hydrogens (tertiary/aromatic N) is 7. The molecule has 0 bridgehead atoms. The molecule has 4 aromatic rings. The first-order valence-electron chi connectivity index (χ1n) is 12.0. The zero-order valence-corrected chi connectivity index (χ0v) is 21.6. The van der Waals surface area contributed by atoms with Crippen molar-refractivity contribution in [1.29, 1.82) is 0 Å². The maximum absolute atomic E-state index is 12.7. The summed E-state index contributed by atoms with van der Waals surface area (Å²) in [6.45, 7) is 0.235. The van der Waals surface area contributed by atoms with Crippen molar-refractivity contribution in [2.24, 2.45) is 5.11 Å². The number of aliphatic hydroxyl groups excluding tert-OH is 2. The number of methoxy groups -OCH3 is 1. The number of ether oxygens (including phenoxy) is 2. The largest absolute Gasteiger partial charge is 0.497 e. The van der Waals surface area contributed by atoms with Gasteiger partial charge in [0, 0.05) is 28.6 Å². The zero-order chi connectivity index (χ0) is 27.5. The molecule has 15 nitrogen and oxygen atoms in total. The molecular weight excluding hydrogens is 528 g/mol. The Morgan fingerprint density at radius 3 is 3.03 bits per heavy atom. The lowest BCUT2D eigenvalue weighted by atomic mass is 10.1. The van der Waals surface area contributed by atoms with E-state index in [0.717, 1.165) is 34.0 Å². The summed E-state index contributed by atoms with van der Waals surface area (Å²) in [7, 11) is 1.62. The molecule has 0 saturated carbocycles. The van der Waals surface area contributed by atoms with Crippen LogP contribution in [0.5, 0.6) is 5.75 Å². The van der Waals surface area contributed by atoms with Gasteiger partial charge in [-0.25, -0.2) is 15.0 Å². The number of benzene rings is 1. The van der Waals surface area contributed by atoms with E-state index in [-0.39, 0.29) is 40.3 Å². The van der Waals surface area contributed by atoms with Gasteiger partial charge < -0.3 is 35.7 Å². The van der Waals surface area contributed by atoms with Crippen molar-refractivity contribution in [2.45, 2.75) is 36.1 Å². The van der Waals surface area contributed by atoms with Crippen LogP contribution in [0.1, 0.15) is 11.8 Å². The number of aromatic nitrogens is 5. The first-order valence-corrected chi connectivity index (χ1v) is 12.9. The average molecular weight is 555 g/mol. The highest BCUT2D eigenvalue weighted by Gasteiger charge is 2.45. The fourth-order valence-corrected chi connectivity index (χ4v) is 5.30.